The number of hydrogen-bond donors (Lipinski definition) is 1. The van der Waals surface area contributed by atoms with Crippen molar-refractivity contribution in [2.24, 2.45) is 5.92 Å². The molecule has 7 heteroatoms. The van der Waals surface area contributed by atoms with E-state index in [1.54, 1.807) is 36.4 Å². The van der Waals surface area contributed by atoms with Crippen LogP contribution in [0.25, 0.3) is 0 Å². The first-order valence-electron chi connectivity index (χ1n) is 9.81. The zero-order valence-corrected chi connectivity index (χ0v) is 16.9. The van der Waals surface area contributed by atoms with Gasteiger partial charge in [0.25, 0.3) is 5.91 Å². The molecule has 1 aromatic heterocycles. The van der Waals surface area contributed by atoms with Crippen LogP contribution in [0.3, 0.4) is 0 Å². The van der Waals surface area contributed by atoms with Crippen LogP contribution in [0.2, 0.25) is 0 Å². The quantitative estimate of drug-likeness (QED) is 0.727. The van der Waals surface area contributed by atoms with Crippen LogP contribution >= 0.6 is 0 Å². The molecule has 2 aromatic rings. The number of hydrogen-bond acceptors (Lipinski definition) is 5. The molecular formula is C22H27N3O4. The van der Waals surface area contributed by atoms with E-state index >= 15 is 0 Å². The monoisotopic (exact) mass is 397 g/mol. The van der Waals surface area contributed by atoms with Crippen LogP contribution in [0.1, 0.15) is 28.8 Å². The smallest absolute Gasteiger partial charge is 0.253 e. The number of benzene rings is 1. The van der Waals surface area contributed by atoms with Crippen molar-refractivity contribution >= 4 is 17.6 Å². The molecule has 0 radical (unpaired) electrons. The third kappa shape index (κ3) is 5.77. The van der Waals surface area contributed by atoms with E-state index in [0.29, 0.717) is 56.3 Å². The highest BCUT2D eigenvalue weighted by molar-refractivity contribution is 5.95. The lowest BCUT2D eigenvalue weighted by molar-refractivity contribution is -0.121. The Kier molecular flexibility index (Phi) is 7.19. The third-order valence-electron chi connectivity index (χ3n) is 4.95. The molecular weight excluding hydrogens is 370 g/mol. The number of amides is 2. The van der Waals surface area contributed by atoms with E-state index in [2.05, 4.69) is 10.3 Å². The molecule has 2 amide bonds. The highest BCUT2D eigenvalue weighted by atomic mass is 16.5. The van der Waals surface area contributed by atoms with Crippen molar-refractivity contribution in [2.45, 2.75) is 19.8 Å². The van der Waals surface area contributed by atoms with E-state index in [4.69, 9.17) is 9.47 Å². The van der Waals surface area contributed by atoms with Gasteiger partial charge in [-0.15, -0.1) is 0 Å². The normalized spacial score (nSPS) is 14.5. The van der Waals surface area contributed by atoms with Gasteiger partial charge in [0.05, 0.1) is 6.61 Å². The van der Waals surface area contributed by atoms with Gasteiger partial charge >= 0.3 is 0 Å². The van der Waals surface area contributed by atoms with Gasteiger partial charge in [-0.1, -0.05) is 12.1 Å². The number of carbonyl (C=O) groups excluding carboxylic acids is 2. The van der Waals surface area contributed by atoms with Gasteiger partial charge in [0, 0.05) is 37.9 Å². The summed E-state index contributed by atoms with van der Waals surface area (Å²) in [6.07, 6.45) is 2.99. The molecule has 1 aromatic carbocycles. The maximum atomic E-state index is 12.8. The number of aryl methyl sites for hydroxylation is 1. The van der Waals surface area contributed by atoms with E-state index in [-0.39, 0.29) is 17.7 Å². The van der Waals surface area contributed by atoms with E-state index in [1.165, 1.54) is 0 Å². The van der Waals surface area contributed by atoms with Crippen LogP contribution < -0.4 is 10.1 Å². The second-order valence-corrected chi connectivity index (χ2v) is 7.15. The summed E-state index contributed by atoms with van der Waals surface area (Å²) in [4.78, 5) is 31.3. The lowest BCUT2D eigenvalue weighted by Gasteiger charge is -2.31. The summed E-state index contributed by atoms with van der Waals surface area (Å²) in [5.41, 5.74) is 1.63. The van der Waals surface area contributed by atoms with Gasteiger partial charge in [-0.05, 0) is 49.6 Å². The van der Waals surface area contributed by atoms with Crippen LogP contribution in [-0.2, 0) is 9.53 Å². The SMILES string of the molecule is COCCOc1cccc(C(=O)N2CCC(C(=O)Nc3ccc(C)cn3)CC2)c1. The Hall–Kier alpha value is -2.93. The molecule has 1 aliphatic rings. The summed E-state index contributed by atoms with van der Waals surface area (Å²) in [6.45, 7) is 3.98. The molecule has 0 saturated carbocycles. The minimum Gasteiger partial charge on any atom is -0.491 e. The van der Waals surface area contributed by atoms with Gasteiger partial charge < -0.3 is 19.7 Å². The summed E-state index contributed by atoms with van der Waals surface area (Å²) < 4.78 is 10.6. The number of carbonyl (C=O) groups is 2. The third-order valence-corrected chi connectivity index (χ3v) is 4.95. The first kappa shape index (κ1) is 20.8. The second kappa shape index (κ2) is 10.0. The molecule has 1 fully saturated rings. The lowest BCUT2D eigenvalue weighted by Crippen LogP contribution is -2.41. The molecule has 0 bridgehead atoms. The zero-order chi connectivity index (χ0) is 20.6. The number of nitrogens with one attached hydrogen (secondary N) is 1. The van der Waals surface area contributed by atoms with Gasteiger partial charge in [0.2, 0.25) is 5.91 Å². The van der Waals surface area contributed by atoms with E-state index in [0.717, 1.165) is 5.56 Å². The molecule has 1 saturated heterocycles. The molecule has 154 valence electrons. The van der Waals surface area contributed by atoms with Crippen molar-refractivity contribution in [2.75, 3.05) is 38.7 Å². The molecule has 1 aliphatic heterocycles. The first-order valence-corrected chi connectivity index (χ1v) is 9.81. The predicted molar refractivity (Wildman–Crippen MR) is 110 cm³/mol. The fourth-order valence-electron chi connectivity index (χ4n) is 3.26. The summed E-state index contributed by atoms with van der Waals surface area (Å²) in [6, 6.07) is 10.9. The number of piperidine rings is 1. The van der Waals surface area contributed by atoms with Gasteiger partial charge in [-0.2, -0.15) is 0 Å². The number of ether oxygens (including phenoxy) is 2. The second-order valence-electron chi connectivity index (χ2n) is 7.15. The predicted octanol–water partition coefficient (Wildman–Crippen LogP) is 2.91. The molecule has 0 aliphatic carbocycles. The zero-order valence-electron chi connectivity index (χ0n) is 16.9. The first-order chi connectivity index (χ1) is 14.1. The maximum Gasteiger partial charge on any atom is 0.253 e. The Morgan fingerprint density at radius 2 is 1.97 bits per heavy atom. The van der Waals surface area contributed by atoms with Crippen molar-refractivity contribution in [3.63, 3.8) is 0 Å². The van der Waals surface area contributed by atoms with Gasteiger partial charge in [0.15, 0.2) is 0 Å². The van der Waals surface area contributed by atoms with Crippen LogP contribution in [0.4, 0.5) is 5.82 Å². The number of likely N-dealkylation sites (tertiary alicyclic amines) is 1. The van der Waals surface area contributed by atoms with E-state index in [1.807, 2.05) is 25.1 Å². The van der Waals surface area contributed by atoms with Crippen LogP contribution in [-0.4, -0.2) is 55.1 Å². The van der Waals surface area contributed by atoms with Crippen molar-refractivity contribution < 1.29 is 19.1 Å². The highest BCUT2D eigenvalue weighted by Crippen LogP contribution is 2.22. The molecule has 0 atom stereocenters. The molecule has 0 spiro atoms. The average molecular weight is 397 g/mol. The van der Waals surface area contributed by atoms with Crippen molar-refractivity contribution in [3.05, 3.63) is 53.7 Å². The fraction of sp³-hybridized carbons (Fsp3) is 0.409. The Balaban J connectivity index is 1.52. The molecule has 3 rings (SSSR count). The van der Waals surface area contributed by atoms with Gasteiger partial charge in [0.1, 0.15) is 18.2 Å². The summed E-state index contributed by atoms with van der Waals surface area (Å²) in [5.74, 6) is 1.01. The van der Waals surface area contributed by atoms with E-state index < -0.39 is 0 Å². The lowest BCUT2D eigenvalue weighted by atomic mass is 9.95. The Labute approximate surface area is 171 Å². The van der Waals surface area contributed by atoms with Crippen LogP contribution in [0.5, 0.6) is 5.75 Å². The number of rotatable bonds is 7. The number of methoxy groups -OCH3 is 1. The maximum absolute atomic E-state index is 12.8. The standard InChI is InChI=1S/C22H27N3O4/c1-16-6-7-20(23-15-16)24-21(26)17-8-10-25(11-9-17)22(27)18-4-3-5-19(14-18)29-13-12-28-2/h3-7,14-15,17H,8-13H2,1-2H3,(H,23,24,26). The Bertz CT molecular complexity index is 830. The van der Waals surface area contributed by atoms with Crippen molar-refractivity contribution in [1.82, 2.24) is 9.88 Å². The Morgan fingerprint density at radius 1 is 1.17 bits per heavy atom. The van der Waals surface area contributed by atoms with E-state index in [9.17, 15) is 9.59 Å². The van der Waals surface area contributed by atoms with Crippen molar-refractivity contribution in [1.29, 1.82) is 0 Å². The molecule has 29 heavy (non-hydrogen) atoms. The molecule has 2 heterocycles. The average Bonchev–Trinajstić information content (AvgIpc) is 2.75. The van der Waals surface area contributed by atoms with Crippen LogP contribution in [0, 0.1) is 12.8 Å². The molecule has 7 nitrogen and oxygen atoms in total. The summed E-state index contributed by atoms with van der Waals surface area (Å²) in [5, 5.41) is 2.87. The van der Waals surface area contributed by atoms with Gasteiger partial charge in [-0.25, -0.2) is 4.98 Å². The number of nitrogens with zero attached hydrogens (tertiary/aromatic N) is 2. The summed E-state index contributed by atoms with van der Waals surface area (Å²) in [7, 11) is 1.62. The highest BCUT2D eigenvalue weighted by Gasteiger charge is 2.28. The van der Waals surface area contributed by atoms with Gasteiger partial charge in [-0.3, -0.25) is 9.59 Å². The molecule has 1 N–H and O–H groups in total. The van der Waals surface area contributed by atoms with Crippen LogP contribution in [0.15, 0.2) is 42.6 Å². The minimum absolute atomic E-state index is 0.0398. The molecule has 0 unspecified atom stereocenters. The number of aromatic nitrogens is 1. The minimum atomic E-state index is -0.120. The van der Waals surface area contributed by atoms with Crippen molar-refractivity contribution in [3.8, 4) is 5.75 Å². The largest absolute Gasteiger partial charge is 0.491 e. The number of pyridine rings is 1. The topological polar surface area (TPSA) is 80.8 Å². The Morgan fingerprint density at radius 3 is 2.66 bits per heavy atom. The summed E-state index contributed by atoms with van der Waals surface area (Å²) >= 11 is 0. The number of anilines is 1. The fourth-order valence-corrected chi connectivity index (χ4v) is 3.26.